The summed E-state index contributed by atoms with van der Waals surface area (Å²) in [4.78, 5) is 19.3. The fraction of sp³-hybridized carbons (Fsp3) is 0.474. The lowest BCUT2D eigenvalue weighted by atomic mass is 10.1. The maximum atomic E-state index is 12.6. The van der Waals surface area contributed by atoms with Crippen LogP contribution in [0.1, 0.15) is 13.8 Å². The number of likely N-dealkylation sites (tertiary alicyclic amines) is 1. The second-order valence-corrected chi connectivity index (χ2v) is 6.78. The third-order valence-electron chi connectivity index (χ3n) is 4.81. The normalized spacial score (nSPS) is 20.5. The van der Waals surface area contributed by atoms with Crippen molar-refractivity contribution in [2.45, 2.75) is 32.0 Å². The molecule has 2 N–H and O–H groups in total. The van der Waals surface area contributed by atoms with Gasteiger partial charge in [-0.15, -0.1) is 0 Å². The molecule has 7 nitrogen and oxygen atoms in total. The molecule has 26 heavy (non-hydrogen) atoms. The van der Waals surface area contributed by atoms with Gasteiger partial charge in [0, 0.05) is 43.9 Å². The second kappa shape index (κ2) is 7.88. The maximum Gasteiger partial charge on any atom is 0.319 e. The first-order valence-corrected chi connectivity index (χ1v) is 8.79. The summed E-state index contributed by atoms with van der Waals surface area (Å²) in [5.74, 6) is 0.669. The van der Waals surface area contributed by atoms with Gasteiger partial charge >= 0.3 is 6.03 Å². The Hall–Kier alpha value is -2.38. The number of nitrogens with zero attached hydrogens (tertiary/aromatic N) is 2. The minimum atomic E-state index is -0.275. The van der Waals surface area contributed by atoms with Gasteiger partial charge in [-0.25, -0.2) is 4.79 Å². The first-order chi connectivity index (χ1) is 12.5. The summed E-state index contributed by atoms with van der Waals surface area (Å²) in [7, 11) is 3.28. The van der Waals surface area contributed by atoms with Gasteiger partial charge in [0.25, 0.3) is 0 Å². The molecular formula is C19H26N4O3. The zero-order valence-corrected chi connectivity index (χ0v) is 15.7. The average Bonchev–Trinajstić information content (AvgIpc) is 3.04. The summed E-state index contributed by atoms with van der Waals surface area (Å²) in [6, 6.07) is 7.53. The highest BCUT2D eigenvalue weighted by Crippen LogP contribution is 2.27. The van der Waals surface area contributed by atoms with Crippen molar-refractivity contribution in [3.8, 4) is 5.75 Å². The fourth-order valence-electron chi connectivity index (χ4n) is 3.31. The van der Waals surface area contributed by atoms with Crippen LogP contribution in [-0.2, 0) is 4.74 Å². The summed E-state index contributed by atoms with van der Waals surface area (Å²) in [6.45, 7) is 5.86. The van der Waals surface area contributed by atoms with Crippen LogP contribution in [0.15, 0.2) is 30.5 Å². The molecule has 1 aliphatic heterocycles. The number of aromatic nitrogens is 1. The average molecular weight is 358 g/mol. The van der Waals surface area contributed by atoms with Gasteiger partial charge in [-0.1, -0.05) is 6.07 Å². The van der Waals surface area contributed by atoms with Crippen molar-refractivity contribution in [3.05, 3.63) is 30.5 Å². The molecule has 2 atom stereocenters. The summed E-state index contributed by atoms with van der Waals surface area (Å²) in [5.41, 5.74) is 1.34. The predicted molar refractivity (Wildman–Crippen MR) is 102 cm³/mol. The molecule has 1 saturated heterocycles. The molecule has 0 unspecified atom stereocenters. The molecule has 2 amide bonds. The Morgan fingerprint density at radius 1 is 1.31 bits per heavy atom. The molecule has 0 bridgehead atoms. The molecule has 3 rings (SSSR count). The highest BCUT2D eigenvalue weighted by molar-refractivity contribution is 6.00. The number of fused-ring (bicyclic) bond motifs is 1. The molecule has 1 aromatic carbocycles. The van der Waals surface area contributed by atoms with Crippen molar-refractivity contribution < 1.29 is 14.3 Å². The summed E-state index contributed by atoms with van der Waals surface area (Å²) < 4.78 is 10.9. The highest BCUT2D eigenvalue weighted by Gasteiger charge is 2.35. The Morgan fingerprint density at radius 2 is 2.12 bits per heavy atom. The number of hydrogen-bond donors (Lipinski definition) is 2. The number of nitrogens with one attached hydrogen (secondary N) is 2. The van der Waals surface area contributed by atoms with Crippen molar-refractivity contribution in [3.63, 3.8) is 0 Å². The first-order valence-electron chi connectivity index (χ1n) is 8.79. The molecule has 0 aliphatic carbocycles. The molecule has 1 aliphatic rings. The summed E-state index contributed by atoms with van der Waals surface area (Å²) >= 11 is 0. The maximum absolute atomic E-state index is 12.6. The largest absolute Gasteiger partial charge is 0.497 e. The molecule has 1 aromatic heterocycles. The molecule has 7 heteroatoms. The van der Waals surface area contributed by atoms with Gasteiger partial charge in [0.05, 0.1) is 30.5 Å². The number of methoxy groups -OCH3 is 2. The SMILES string of the molecule is COc1cc(NC(=O)N[C@H]2CN(C(C)C)C[C@@H]2OC)c2ncccc2c1. The van der Waals surface area contributed by atoms with Crippen molar-refractivity contribution in [2.75, 3.05) is 32.6 Å². The molecule has 0 radical (unpaired) electrons. The third kappa shape index (κ3) is 3.89. The Balaban J connectivity index is 1.75. The third-order valence-corrected chi connectivity index (χ3v) is 4.81. The van der Waals surface area contributed by atoms with Crippen molar-refractivity contribution in [1.82, 2.24) is 15.2 Å². The number of anilines is 1. The van der Waals surface area contributed by atoms with Crippen LogP contribution in [0.25, 0.3) is 10.9 Å². The molecule has 0 spiro atoms. The second-order valence-electron chi connectivity index (χ2n) is 6.78. The van der Waals surface area contributed by atoms with Crippen LogP contribution < -0.4 is 15.4 Å². The van der Waals surface area contributed by atoms with E-state index in [1.54, 1.807) is 26.5 Å². The zero-order chi connectivity index (χ0) is 18.7. The lowest BCUT2D eigenvalue weighted by molar-refractivity contribution is 0.0896. The lowest BCUT2D eigenvalue weighted by Gasteiger charge is -2.20. The van der Waals surface area contributed by atoms with E-state index >= 15 is 0 Å². The summed E-state index contributed by atoms with van der Waals surface area (Å²) in [5, 5.41) is 6.84. The van der Waals surface area contributed by atoms with E-state index in [4.69, 9.17) is 9.47 Å². The van der Waals surface area contributed by atoms with Crippen molar-refractivity contribution >= 4 is 22.6 Å². The monoisotopic (exact) mass is 358 g/mol. The van der Waals surface area contributed by atoms with Gasteiger partial charge < -0.3 is 20.1 Å². The number of benzene rings is 1. The molecule has 0 saturated carbocycles. The van der Waals surface area contributed by atoms with Crippen LogP contribution in [0.2, 0.25) is 0 Å². The van der Waals surface area contributed by atoms with Crippen molar-refractivity contribution in [1.29, 1.82) is 0 Å². The predicted octanol–water partition coefficient (Wildman–Crippen LogP) is 2.47. The van der Waals surface area contributed by atoms with Crippen LogP contribution in [0.3, 0.4) is 0 Å². The molecular weight excluding hydrogens is 332 g/mol. The van der Waals surface area contributed by atoms with E-state index in [1.807, 2.05) is 18.2 Å². The number of carbonyl (C=O) groups is 1. The van der Waals surface area contributed by atoms with Gasteiger partial charge in [-0.3, -0.25) is 9.88 Å². The van der Waals surface area contributed by atoms with Crippen LogP contribution in [0, 0.1) is 0 Å². The van der Waals surface area contributed by atoms with Gasteiger partial charge in [0.2, 0.25) is 0 Å². The van der Waals surface area contributed by atoms with Crippen LogP contribution in [0.5, 0.6) is 5.75 Å². The topological polar surface area (TPSA) is 75.7 Å². The van der Waals surface area contributed by atoms with E-state index in [-0.39, 0.29) is 18.2 Å². The quantitative estimate of drug-likeness (QED) is 0.859. The molecule has 140 valence electrons. The van der Waals surface area contributed by atoms with E-state index in [9.17, 15) is 4.79 Å². The van der Waals surface area contributed by atoms with E-state index in [2.05, 4.69) is 34.4 Å². The lowest BCUT2D eigenvalue weighted by Crippen LogP contribution is -2.45. The van der Waals surface area contributed by atoms with Gasteiger partial charge in [-0.05, 0) is 26.0 Å². The van der Waals surface area contributed by atoms with E-state index in [0.717, 1.165) is 24.0 Å². The first kappa shape index (κ1) is 18.4. The minimum Gasteiger partial charge on any atom is -0.497 e. The molecule has 2 aromatic rings. The standard InChI is InChI=1S/C19H26N4O3/c1-12(2)23-10-16(17(11-23)26-4)22-19(24)21-15-9-14(25-3)8-13-6-5-7-20-18(13)15/h5-9,12,16-17H,10-11H2,1-4H3,(H2,21,22,24)/t16-,17-/m0/s1. The van der Waals surface area contributed by atoms with Crippen LogP contribution in [-0.4, -0.2) is 61.4 Å². The van der Waals surface area contributed by atoms with Gasteiger partial charge in [0.15, 0.2) is 0 Å². The fourth-order valence-corrected chi connectivity index (χ4v) is 3.31. The Bertz CT molecular complexity index is 780. The van der Waals surface area contributed by atoms with Gasteiger partial charge in [-0.2, -0.15) is 0 Å². The smallest absolute Gasteiger partial charge is 0.319 e. The number of pyridine rings is 1. The number of ether oxygens (including phenoxy) is 2. The van der Waals surface area contributed by atoms with E-state index in [0.29, 0.717) is 17.5 Å². The van der Waals surface area contributed by atoms with E-state index < -0.39 is 0 Å². The number of hydrogen-bond acceptors (Lipinski definition) is 5. The highest BCUT2D eigenvalue weighted by atomic mass is 16.5. The van der Waals surface area contributed by atoms with Crippen LogP contribution in [0.4, 0.5) is 10.5 Å². The minimum absolute atomic E-state index is 0.0247. The molecule has 1 fully saturated rings. The van der Waals surface area contributed by atoms with Gasteiger partial charge in [0.1, 0.15) is 5.75 Å². The summed E-state index contributed by atoms with van der Waals surface area (Å²) in [6.07, 6.45) is 1.68. The zero-order valence-electron chi connectivity index (χ0n) is 15.7. The van der Waals surface area contributed by atoms with E-state index in [1.165, 1.54) is 0 Å². The molecule has 2 heterocycles. The Kier molecular flexibility index (Phi) is 5.58. The Labute approximate surface area is 153 Å². The number of carbonyl (C=O) groups excluding carboxylic acids is 1. The number of rotatable bonds is 5. The number of amides is 2. The van der Waals surface area contributed by atoms with Crippen LogP contribution >= 0.6 is 0 Å². The number of urea groups is 1. The Morgan fingerprint density at radius 3 is 2.81 bits per heavy atom. The van der Waals surface area contributed by atoms with Crippen molar-refractivity contribution in [2.24, 2.45) is 0 Å².